The van der Waals surface area contributed by atoms with Crippen molar-refractivity contribution in [1.29, 1.82) is 0 Å². The number of aromatic nitrogens is 1. The van der Waals surface area contributed by atoms with Crippen molar-refractivity contribution in [3.8, 4) is 5.75 Å². The highest BCUT2D eigenvalue weighted by Crippen LogP contribution is 2.29. The summed E-state index contributed by atoms with van der Waals surface area (Å²) >= 11 is 1.67. The Balaban J connectivity index is 1.80. The number of hydrogen-bond donors (Lipinski definition) is 1. The van der Waals surface area contributed by atoms with E-state index in [2.05, 4.69) is 30.2 Å². The van der Waals surface area contributed by atoms with Gasteiger partial charge < -0.3 is 14.8 Å². The average Bonchev–Trinajstić information content (AvgIpc) is 2.84. The number of benzene rings is 1. The van der Waals surface area contributed by atoms with E-state index in [1.54, 1.807) is 11.3 Å². The second kappa shape index (κ2) is 8.20. The first kappa shape index (κ1) is 16.0. The second-order valence-corrected chi connectivity index (χ2v) is 6.17. The molecule has 116 valence electrons. The molecule has 0 aliphatic carbocycles. The van der Waals surface area contributed by atoms with E-state index in [1.807, 2.05) is 19.1 Å². The average molecular weight is 308 g/mol. The van der Waals surface area contributed by atoms with Crippen LogP contribution in [0, 0.1) is 0 Å². The molecule has 21 heavy (non-hydrogen) atoms. The van der Waals surface area contributed by atoms with E-state index in [1.165, 1.54) is 0 Å². The van der Waals surface area contributed by atoms with Crippen LogP contribution in [0.2, 0.25) is 0 Å². The first-order valence-corrected chi connectivity index (χ1v) is 8.39. The molecule has 0 fully saturated rings. The SMILES string of the molecule is CCOc1ccc2nc(NCCCCOC(C)C)sc2c1. The third-order valence-electron chi connectivity index (χ3n) is 2.97. The normalized spacial score (nSPS) is 11.2. The van der Waals surface area contributed by atoms with Crippen LogP contribution < -0.4 is 10.1 Å². The Kier molecular flexibility index (Phi) is 6.26. The topological polar surface area (TPSA) is 43.4 Å². The molecule has 5 heteroatoms. The Morgan fingerprint density at radius 1 is 1.29 bits per heavy atom. The lowest BCUT2D eigenvalue weighted by Gasteiger charge is -2.07. The van der Waals surface area contributed by atoms with Gasteiger partial charge in [-0.1, -0.05) is 11.3 Å². The Labute approximate surface area is 130 Å². The minimum atomic E-state index is 0.321. The van der Waals surface area contributed by atoms with Crippen LogP contribution in [0.3, 0.4) is 0 Å². The van der Waals surface area contributed by atoms with Crippen LogP contribution in [-0.2, 0) is 4.74 Å². The molecule has 0 aliphatic heterocycles. The van der Waals surface area contributed by atoms with E-state index in [0.29, 0.717) is 12.7 Å². The third-order valence-corrected chi connectivity index (χ3v) is 3.95. The number of nitrogens with zero attached hydrogens (tertiary/aromatic N) is 1. The van der Waals surface area contributed by atoms with Crippen LogP contribution >= 0.6 is 11.3 Å². The lowest BCUT2D eigenvalue weighted by molar-refractivity contribution is 0.0765. The zero-order chi connectivity index (χ0) is 15.1. The lowest BCUT2D eigenvalue weighted by atomic mass is 10.3. The molecule has 4 nitrogen and oxygen atoms in total. The number of ether oxygens (including phenoxy) is 2. The van der Waals surface area contributed by atoms with E-state index in [9.17, 15) is 0 Å². The predicted octanol–water partition coefficient (Wildman–Crippen LogP) is 4.31. The number of rotatable bonds is 9. The Hall–Kier alpha value is -1.33. The second-order valence-electron chi connectivity index (χ2n) is 5.13. The van der Waals surface area contributed by atoms with Gasteiger partial charge in [0.2, 0.25) is 0 Å². The van der Waals surface area contributed by atoms with Gasteiger partial charge in [-0.3, -0.25) is 0 Å². The molecule has 1 aromatic heterocycles. The van der Waals surface area contributed by atoms with Gasteiger partial charge in [0, 0.05) is 13.2 Å². The fraction of sp³-hybridized carbons (Fsp3) is 0.562. The molecule has 0 aliphatic rings. The van der Waals surface area contributed by atoms with Crippen LogP contribution in [0.1, 0.15) is 33.6 Å². The standard InChI is InChI=1S/C16H24N2O2S/c1-4-19-13-7-8-14-15(11-13)21-16(18-14)17-9-5-6-10-20-12(2)3/h7-8,11-12H,4-6,9-10H2,1-3H3,(H,17,18). The highest BCUT2D eigenvalue weighted by atomic mass is 32.1. The van der Waals surface area contributed by atoms with Gasteiger partial charge >= 0.3 is 0 Å². The highest BCUT2D eigenvalue weighted by Gasteiger charge is 2.04. The third kappa shape index (κ3) is 5.17. The van der Waals surface area contributed by atoms with Crippen LogP contribution in [0.4, 0.5) is 5.13 Å². The van der Waals surface area contributed by atoms with Gasteiger partial charge in [-0.05, 0) is 51.8 Å². The maximum absolute atomic E-state index is 5.52. The van der Waals surface area contributed by atoms with Crippen molar-refractivity contribution in [2.75, 3.05) is 25.1 Å². The summed E-state index contributed by atoms with van der Waals surface area (Å²) in [5, 5.41) is 4.36. The molecule has 1 aromatic carbocycles. The summed E-state index contributed by atoms with van der Waals surface area (Å²) in [7, 11) is 0. The molecule has 0 saturated heterocycles. The van der Waals surface area contributed by atoms with Crippen LogP contribution in [0.5, 0.6) is 5.75 Å². The first-order valence-electron chi connectivity index (χ1n) is 7.58. The maximum atomic E-state index is 5.52. The molecule has 0 amide bonds. The van der Waals surface area contributed by atoms with E-state index >= 15 is 0 Å². The number of anilines is 1. The van der Waals surface area contributed by atoms with Crippen molar-refractivity contribution in [1.82, 2.24) is 4.98 Å². The predicted molar refractivity (Wildman–Crippen MR) is 89.6 cm³/mol. The summed E-state index contributed by atoms with van der Waals surface area (Å²) in [6, 6.07) is 6.04. The Bertz CT molecular complexity index is 554. The van der Waals surface area contributed by atoms with Crippen molar-refractivity contribution in [2.24, 2.45) is 0 Å². The smallest absolute Gasteiger partial charge is 0.183 e. The molecular weight excluding hydrogens is 284 g/mol. The minimum absolute atomic E-state index is 0.321. The van der Waals surface area contributed by atoms with E-state index in [0.717, 1.165) is 47.1 Å². The van der Waals surface area contributed by atoms with Crippen molar-refractivity contribution >= 4 is 26.7 Å². The van der Waals surface area contributed by atoms with Crippen LogP contribution in [0.15, 0.2) is 18.2 Å². The molecule has 2 aromatic rings. The van der Waals surface area contributed by atoms with Gasteiger partial charge in [-0.25, -0.2) is 4.98 Å². The van der Waals surface area contributed by atoms with Gasteiger partial charge in [0.15, 0.2) is 5.13 Å². The molecule has 0 radical (unpaired) electrons. The molecule has 0 bridgehead atoms. The Morgan fingerprint density at radius 2 is 2.14 bits per heavy atom. The van der Waals surface area contributed by atoms with E-state index in [-0.39, 0.29) is 0 Å². The van der Waals surface area contributed by atoms with E-state index < -0.39 is 0 Å². The number of nitrogens with one attached hydrogen (secondary N) is 1. The number of unbranched alkanes of at least 4 members (excludes halogenated alkanes) is 1. The van der Waals surface area contributed by atoms with Crippen LogP contribution in [-0.4, -0.2) is 30.8 Å². The summed E-state index contributed by atoms with van der Waals surface area (Å²) in [5.41, 5.74) is 1.02. The van der Waals surface area contributed by atoms with Crippen molar-refractivity contribution in [2.45, 2.75) is 39.7 Å². The molecule has 1 N–H and O–H groups in total. The minimum Gasteiger partial charge on any atom is -0.494 e. The van der Waals surface area contributed by atoms with Gasteiger partial charge in [-0.15, -0.1) is 0 Å². The summed E-state index contributed by atoms with van der Waals surface area (Å²) in [6.07, 6.45) is 2.49. The molecule has 1 heterocycles. The van der Waals surface area contributed by atoms with Gasteiger partial charge in [0.25, 0.3) is 0 Å². The largest absolute Gasteiger partial charge is 0.494 e. The van der Waals surface area contributed by atoms with Crippen molar-refractivity contribution < 1.29 is 9.47 Å². The Morgan fingerprint density at radius 3 is 2.90 bits per heavy atom. The van der Waals surface area contributed by atoms with Crippen molar-refractivity contribution in [3.05, 3.63) is 18.2 Å². The summed E-state index contributed by atoms with van der Waals surface area (Å²) in [4.78, 5) is 4.58. The summed E-state index contributed by atoms with van der Waals surface area (Å²) < 4.78 is 12.2. The quantitative estimate of drug-likeness (QED) is 0.701. The molecular formula is C16H24N2O2S. The number of hydrogen-bond acceptors (Lipinski definition) is 5. The monoisotopic (exact) mass is 308 g/mol. The summed E-state index contributed by atoms with van der Waals surface area (Å²) in [5.74, 6) is 0.908. The van der Waals surface area contributed by atoms with Crippen LogP contribution in [0.25, 0.3) is 10.2 Å². The highest BCUT2D eigenvalue weighted by molar-refractivity contribution is 7.22. The van der Waals surface area contributed by atoms with Gasteiger partial charge in [0.1, 0.15) is 5.75 Å². The molecule has 0 atom stereocenters. The molecule has 0 saturated carbocycles. The fourth-order valence-corrected chi connectivity index (χ4v) is 2.90. The number of fused-ring (bicyclic) bond motifs is 1. The van der Waals surface area contributed by atoms with Gasteiger partial charge in [-0.2, -0.15) is 0 Å². The fourth-order valence-electron chi connectivity index (χ4n) is 1.98. The summed E-state index contributed by atoms with van der Waals surface area (Å²) in [6.45, 7) is 8.57. The zero-order valence-electron chi connectivity index (χ0n) is 13.0. The maximum Gasteiger partial charge on any atom is 0.183 e. The number of thiazole rings is 1. The van der Waals surface area contributed by atoms with Gasteiger partial charge in [0.05, 0.1) is 22.9 Å². The van der Waals surface area contributed by atoms with E-state index in [4.69, 9.17) is 9.47 Å². The molecule has 2 rings (SSSR count). The molecule has 0 spiro atoms. The van der Waals surface area contributed by atoms with Crippen molar-refractivity contribution in [3.63, 3.8) is 0 Å². The molecule has 0 unspecified atom stereocenters. The lowest BCUT2D eigenvalue weighted by Crippen LogP contribution is -2.06. The first-order chi connectivity index (χ1) is 10.2. The zero-order valence-corrected chi connectivity index (χ0v) is 13.8.